The number of amides is 1. The van der Waals surface area contributed by atoms with Gasteiger partial charge >= 0.3 is 0 Å². The second-order valence-corrected chi connectivity index (χ2v) is 8.78. The van der Waals surface area contributed by atoms with Crippen LogP contribution >= 0.6 is 0 Å². The molecule has 2 aliphatic rings. The van der Waals surface area contributed by atoms with Crippen LogP contribution in [0, 0.1) is 0 Å². The number of rotatable bonds is 7. The van der Waals surface area contributed by atoms with E-state index in [-0.39, 0.29) is 18.6 Å². The van der Waals surface area contributed by atoms with Gasteiger partial charge in [0.15, 0.2) is 0 Å². The van der Waals surface area contributed by atoms with Crippen molar-refractivity contribution < 1.29 is 17.9 Å². The van der Waals surface area contributed by atoms with Gasteiger partial charge in [-0.25, -0.2) is 8.42 Å². The number of carbonyl (C=O) groups is 1. The van der Waals surface area contributed by atoms with Gasteiger partial charge < -0.3 is 14.5 Å². The first-order chi connectivity index (χ1) is 11.4. The molecule has 0 aromatic heterocycles. The van der Waals surface area contributed by atoms with Crippen molar-refractivity contribution in [1.29, 1.82) is 0 Å². The fourth-order valence-corrected chi connectivity index (χ4v) is 4.80. The monoisotopic (exact) mass is 361 g/mol. The van der Waals surface area contributed by atoms with E-state index in [1.54, 1.807) is 9.21 Å². The molecule has 1 amide bonds. The smallest absolute Gasteiger partial charge is 0.248 e. The Morgan fingerprint density at radius 2 is 1.88 bits per heavy atom. The normalized spacial score (nSPS) is 23.6. The average molecular weight is 362 g/mol. The minimum absolute atomic E-state index is 0.0549. The van der Waals surface area contributed by atoms with Gasteiger partial charge in [-0.05, 0) is 38.8 Å². The molecule has 2 rings (SSSR count). The Morgan fingerprint density at radius 3 is 2.50 bits per heavy atom. The van der Waals surface area contributed by atoms with Crippen molar-refractivity contribution in [1.82, 2.24) is 14.1 Å². The lowest BCUT2D eigenvalue weighted by atomic mass is 10.1. The number of likely N-dealkylation sites (tertiary alicyclic amines) is 2. The molecule has 2 saturated heterocycles. The predicted octanol–water partition coefficient (Wildman–Crippen LogP) is 0.371. The standard InChI is InChI=1S/C16H31N3O4S/c1-23-14-16(20)18-10-6-7-15(13-18)19(24(2,21)22)12-11-17-8-4-3-5-9-17/h15H,3-14H2,1-2H3. The van der Waals surface area contributed by atoms with Crippen molar-refractivity contribution in [2.24, 2.45) is 0 Å². The van der Waals surface area contributed by atoms with Gasteiger partial charge in [-0.3, -0.25) is 4.79 Å². The third-order valence-corrected chi connectivity index (χ3v) is 6.27. The highest BCUT2D eigenvalue weighted by Gasteiger charge is 2.32. The zero-order valence-electron chi connectivity index (χ0n) is 14.9. The molecule has 0 bridgehead atoms. The van der Waals surface area contributed by atoms with E-state index >= 15 is 0 Å². The van der Waals surface area contributed by atoms with Gasteiger partial charge in [-0.2, -0.15) is 4.31 Å². The summed E-state index contributed by atoms with van der Waals surface area (Å²) in [5, 5.41) is 0. The van der Waals surface area contributed by atoms with E-state index < -0.39 is 10.0 Å². The van der Waals surface area contributed by atoms with Crippen LogP contribution in [-0.2, 0) is 19.6 Å². The van der Waals surface area contributed by atoms with Crippen molar-refractivity contribution in [3.63, 3.8) is 0 Å². The van der Waals surface area contributed by atoms with Crippen molar-refractivity contribution in [2.75, 3.05) is 59.2 Å². The first-order valence-electron chi connectivity index (χ1n) is 8.87. The molecule has 0 aromatic carbocycles. The molecule has 1 atom stereocenters. The van der Waals surface area contributed by atoms with E-state index in [0.29, 0.717) is 19.6 Å². The number of hydrogen-bond acceptors (Lipinski definition) is 5. The van der Waals surface area contributed by atoms with Crippen molar-refractivity contribution in [2.45, 2.75) is 38.1 Å². The van der Waals surface area contributed by atoms with E-state index in [9.17, 15) is 13.2 Å². The summed E-state index contributed by atoms with van der Waals surface area (Å²) in [6.45, 7) is 4.60. The molecule has 0 spiro atoms. The summed E-state index contributed by atoms with van der Waals surface area (Å²) in [5.74, 6) is -0.0633. The van der Waals surface area contributed by atoms with Crippen molar-refractivity contribution in [3.8, 4) is 0 Å². The van der Waals surface area contributed by atoms with Crippen LogP contribution < -0.4 is 0 Å². The van der Waals surface area contributed by atoms with Crippen molar-refractivity contribution >= 4 is 15.9 Å². The maximum Gasteiger partial charge on any atom is 0.248 e. The summed E-state index contributed by atoms with van der Waals surface area (Å²) in [5.41, 5.74) is 0. The highest BCUT2D eigenvalue weighted by Crippen LogP contribution is 2.19. The van der Waals surface area contributed by atoms with Gasteiger partial charge in [0.25, 0.3) is 0 Å². The van der Waals surface area contributed by atoms with Crippen molar-refractivity contribution in [3.05, 3.63) is 0 Å². The fourth-order valence-electron chi connectivity index (χ4n) is 3.67. The number of ether oxygens (including phenoxy) is 1. The number of methoxy groups -OCH3 is 1. The van der Waals surface area contributed by atoms with E-state index in [1.165, 1.54) is 32.6 Å². The summed E-state index contributed by atoms with van der Waals surface area (Å²) in [7, 11) is -1.79. The Kier molecular flexibility index (Phi) is 7.46. The Bertz CT molecular complexity index is 505. The molecule has 2 fully saturated rings. The molecule has 0 radical (unpaired) electrons. The molecule has 2 aliphatic heterocycles. The first kappa shape index (κ1) is 19.6. The Labute approximate surface area is 146 Å². The molecule has 0 aromatic rings. The second kappa shape index (κ2) is 9.12. The molecule has 7 nitrogen and oxygen atoms in total. The lowest BCUT2D eigenvalue weighted by molar-refractivity contribution is -0.136. The van der Waals surface area contributed by atoms with Crippen LogP contribution in [0.25, 0.3) is 0 Å². The lowest BCUT2D eigenvalue weighted by Crippen LogP contribution is -2.53. The van der Waals surface area contributed by atoms with Gasteiger partial charge in [0.05, 0.1) is 6.26 Å². The molecule has 24 heavy (non-hydrogen) atoms. The second-order valence-electron chi connectivity index (χ2n) is 6.84. The van der Waals surface area contributed by atoms with E-state index in [4.69, 9.17) is 4.74 Å². The van der Waals surface area contributed by atoms with E-state index in [0.717, 1.165) is 32.5 Å². The van der Waals surface area contributed by atoms with Gasteiger partial charge in [0, 0.05) is 39.3 Å². The zero-order chi connectivity index (χ0) is 17.6. The maximum atomic E-state index is 12.3. The minimum Gasteiger partial charge on any atom is -0.375 e. The van der Waals surface area contributed by atoms with E-state index in [2.05, 4.69) is 4.90 Å². The Hall–Kier alpha value is -0.700. The highest BCUT2D eigenvalue weighted by atomic mass is 32.2. The van der Waals surface area contributed by atoms with Gasteiger partial charge in [0.2, 0.25) is 15.9 Å². The molecular formula is C16H31N3O4S. The summed E-state index contributed by atoms with van der Waals surface area (Å²) in [6.07, 6.45) is 6.58. The lowest BCUT2D eigenvalue weighted by Gasteiger charge is -2.39. The quantitative estimate of drug-likeness (QED) is 0.655. The highest BCUT2D eigenvalue weighted by molar-refractivity contribution is 7.88. The third kappa shape index (κ3) is 5.68. The van der Waals surface area contributed by atoms with Crippen LogP contribution in [0.2, 0.25) is 0 Å². The maximum absolute atomic E-state index is 12.3. The minimum atomic E-state index is -3.29. The molecular weight excluding hydrogens is 330 g/mol. The Morgan fingerprint density at radius 1 is 1.17 bits per heavy atom. The molecule has 0 N–H and O–H groups in total. The van der Waals surface area contributed by atoms with E-state index in [1.807, 2.05) is 0 Å². The molecule has 1 unspecified atom stereocenters. The SMILES string of the molecule is COCC(=O)N1CCCC(N(CCN2CCCCC2)S(C)(=O)=O)C1. The number of hydrogen-bond donors (Lipinski definition) is 0. The predicted molar refractivity (Wildman–Crippen MR) is 93.3 cm³/mol. The molecule has 140 valence electrons. The average Bonchev–Trinajstić information content (AvgIpc) is 2.55. The topological polar surface area (TPSA) is 70.2 Å². The van der Waals surface area contributed by atoms with Gasteiger partial charge in [0.1, 0.15) is 6.61 Å². The van der Waals surface area contributed by atoms with Crippen LogP contribution in [-0.4, -0.2) is 93.7 Å². The number of piperidine rings is 2. The number of nitrogens with zero attached hydrogens (tertiary/aromatic N) is 3. The van der Waals surface area contributed by atoms with Crippen LogP contribution in [0.5, 0.6) is 0 Å². The van der Waals surface area contributed by atoms with Crippen LogP contribution in [0.15, 0.2) is 0 Å². The largest absolute Gasteiger partial charge is 0.375 e. The third-order valence-electron chi connectivity index (χ3n) is 4.94. The molecule has 0 saturated carbocycles. The first-order valence-corrected chi connectivity index (χ1v) is 10.7. The molecule has 2 heterocycles. The zero-order valence-corrected chi connectivity index (χ0v) is 15.8. The molecule has 0 aliphatic carbocycles. The Balaban J connectivity index is 1.97. The summed E-state index contributed by atoms with van der Waals surface area (Å²) in [6, 6.07) is -0.126. The summed E-state index contributed by atoms with van der Waals surface area (Å²) >= 11 is 0. The van der Waals surface area contributed by atoms with Gasteiger partial charge in [-0.15, -0.1) is 0 Å². The fraction of sp³-hybridized carbons (Fsp3) is 0.938. The summed E-state index contributed by atoms with van der Waals surface area (Å²) < 4.78 is 31.1. The van der Waals surface area contributed by atoms with Gasteiger partial charge in [-0.1, -0.05) is 6.42 Å². The number of carbonyl (C=O) groups excluding carboxylic acids is 1. The van der Waals surface area contributed by atoms with Crippen LogP contribution in [0.1, 0.15) is 32.1 Å². The number of sulfonamides is 1. The van der Waals surface area contributed by atoms with Crippen LogP contribution in [0.4, 0.5) is 0 Å². The van der Waals surface area contributed by atoms with Crippen LogP contribution in [0.3, 0.4) is 0 Å². The molecule has 8 heteroatoms. The summed E-state index contributed by atoms with van der Waals surface area (Å²) in [4.78, 5) is 16.1.